The quantitative estimate of drug-likeness (QED) is 0.915. The first-order chi connectivity index (χ1) is 9.04. The lowest BCUT2D eigenvalue weighted by molar-refractivity contribution is -0.138. The highest BCUT2D eigenvalue weighted by Gasteiger charge is 2.19. The third-order valence-corrected chi connectivity index (χ3v) is 3.47. The Morgan fingerprint density at radius 2 is 1.89 bits per heavy atom. The molecule has 0 amide bonds. The van der Waals surface area contributed by atoms with Gasteiger partial charge in [-0.05, 0) is 12.1 Å². The molecule has 1 aromatic rings. The number of carboxylic acids is 1. The molecule has 19 heavy (non-hydrogen) atoms. The monoisotopic (exact) mass is 286 g/mol. The van der Waals surface area contributed by atoms with E-state index in [2.05, 4.69) is 4.90 Å². The molecular weight excluding hydrogens is 271 g/mol. The van der Waals surface area contributed by atoms with E-state index in [-0.39, 0.29) is 12.4 Å². The number of aliphatic carboxylic acids is 1. The smallest absolute Gasteiger partial charge is 0.317 e. The van der Waals surface area contributed by atoms with Gasteiger partial charge in [-0.1, -0.05) is 17.7 Å². The Labute approximate surface area is 116 Å². The molecular formula is C13H16ClFN2O2. The van der Waals surface area contributed by atoms with Crippen LogP contribution < -0.4 is 0 Å². The fraction of sp³-hybridized carbons (Fsp3) is 0.462. The highest BCUT2D eigenvalue weighted by molar-refractivity contribution is 6.30. The average molecular weight is 287 g/mol. The van der Waals surface area contributed by atoms with Crippen LogP contribution in [0.3, 0.4) is 0 Å². The molecule has 1 aliphatic heterocycles. The molecule has 0 bridgehead atoms. The van der Waals surface area contributed by atoms with Crippen molar-refractivity contribution in [3.63, 3.8) is 0 Å². The van der Waals surface area contributed by atoms with E-state index in [1.165, 1.54) is 6.07 Å². The molecule has 1 heterocycles. The topological polar surface area (TPSA) is 43.8 Å². The SMILES string of the molecule is O=C(O)CN1CCN(Cc2ccc(Cl)cc2F)CC1. The van der Waals surface area contributed by atoms with Gasteiger partial charge in [0.2, 0.25) is 0 Å². The first kappa shape index (κ1) is 14.2. The van der Waals surface area contributed by atoms with Gasteiger partial charge in [0.25, 0.3) is 0 Å². The van der Waals surface area contributed by atoms with Crippen molar-refractivity contribution >= 4 is 17.6 Å². The van der Waals surface area contributed by atoms with E-state index in [1.54, 1.807) is 12.1 Å². The van der Waals surface area contributed by atoms with Crippen LogP contribution in [0.15, 0.2) is 18.2 Å². The van der Waals surface area contributed by atoms with E-state index in [0.717, 1.165) is 13.1 Å². The Hall–Kier alpha value is -1.17. The van der Waals surface area contributed by atoms with Gasteiger partial charge in [-0.3, -0.25) is 14.6 Å². The summed E-state index contributed by atoms with van der Waals surface area (Å²) in [5.74, 6) is -1.10. The predicted octanol–water partition coefficient (Wildman–Crippen LogP) is 1.68. The summed E-state index contributed by atoms with van der Waals surface area (Å²) >= 11 is 5.71. The lowest BCUT2D eigenvalue weighted by atomic mass is 10.2. The van der Waals surface area contributed by atoms with Gasteiger partial charge in [0.1, 0.15) is 5.82 Å². The molecule has 4 nitrogen and oxygen atoms in total. The minimum atomic E-state index is -0.808. The molecule has 104 valence electrons. The molecule has 0 spiro atoms. The van der Waals surface area contributed by atoms with Crippen molar-refractivity contribution in [3.05, 3.63) is 34.6 Å². The van der Waals surface area contributed by atoms with E-state index in [4.69, 9.17) is 16.7 Å². The van der Waals surface area contributed by atoms with Gasteiger partial charge in [-0.2, -0.15) is 0 Å². The third-order valence-electron chi connectivity index (χ3n) is 3.23. The van der Waals surface area contributed by atoms with Gasteiger partial charge in [0.05, 0.1) is 6.54 Å². The van der Waals surface area contributed by atoms with Crippen molar-refractivity contribution in [3.8, 4) is 0 Å². The van der Waals surface area contributed by atoms with Crippen LogP contribution in [0.1, 0.15) is 5.56 Å². The molecule has 0 unspecified atom stereocenters. The van der Waals surface area contributed by atoms with Gasteiger partial charge < -0.3 is 5.11 Å². The van der Waals surface area contributed by atoms with Crippen LogP contribution in [-0.2, 0) is 11.3 Å². The second-order valence-corrected chi connectivity index (χ2v) is 5.12. The fourth-order valence-electron chi connectivity index (χ4n) is 2.19. The minimum absolute atomic E-state index is 0.0726. The Balaban J connectivity index is 1.87. The summed E-state index contributed by atoms with van der Waals surface area (Å²) in [7, 11) is 0. The van der Waals surface area contributed by atoms with Crippen LogP contribution in [0.2, 0.25) is 5.02 Å². The first-order valence-corrected chi connectivity index (χ1v) is 6.53. The summed E-state index contributed by atoms with van der Waals surface area (Å²) < 4.78 is 13.7. The van der Waals surface area contributed by atoms with Crippen molar-refractivity contribution < 1.29 is 14.3 Å². The number of nitrogens with zero attached hydrogens (tertiary/aromatic N) is 2. The molecule has 1 saturated heterocycles. The number of piperazine rings is 1. The number of halogens is 2. The standard InChI is InChI=1S/C13H16ClFN2O2/c14-11-2-1-10(12(15)7-11)8-16-3-5-17(6-4-16)9-13(18)19/h1-2,7H,3-6,8-9H2,(H,18,19). The minimum Gasteiger partial charge on any atom is -0.480 e. The molecule has 1 N–H and O–H groups in total. The Bertz CT molecular complexity index is 462. The number of carbonyl (C=O) groups is 1. The lowest BCUT2D eigenvalue weighted by Gasteiger charge is -2.33. The van der Waals surface area contributed by atoms with E-state index < -0.39 is 5.97 Å². The third kappa shape index (κ3) is 4.16. The molecule has 1 aromatic carbocycles. The van der Waals surface area contributed by atoms with E-state index in [9.17, 15) is 9.18 Å². The molecule has 0 aromatic heterocycles. The Kier molecular flexibility index (Phi) is 4.74. The maximum Gasteiger partial charge on any atom is 0.317 e. The van der Waals surface area contributed by atoms with Gasteiger partial charge in [-0.15, -0.1) is 0 Å². The van der Waals surface area contributed by atoms with Gasteiger partial charge >= 0.3 is 5.97 Å². The molecule has 6 heteroatoms. The zero-order chi connectivity index (χ0) is 13.8. The lowest BCUT2D eigenvalue weighted by Crippen LogP contribution is -2.47. The van der Waals surface area contributed by atoms with Crippen LogP contribution >= 0.6 is 11.6 Å². The first-order valence-electron chi connectivity index (χ1n) is 6.15. The summed E-state index contributed by atoms with van der Waals surface area (Å²) in [5.41, 5.74) is 0.621. The van der Waals surface area contributed by atoms with Crippen LogP contribution in [0.25, 0.3) is 0 Å². The van der Waals surface area contributed by atoms with Gasteiger partial charge in [0.15, 0.2) is 0 Å². The number of hydrogen-bond acceptors (Lipinski definition) is 3. The highest BCUT2D eigenvalue weighted by Crippen LogP contribution is 2.17. The normalized spacial score (nSPS) is 17.6. The average Bonchev–Trinajstić information content (AvgIpc) is 2.34. The van der Waals surface area contributed by atoms with E-state index in [0.29, 0.717) is 30.2 Å². The van der Waals surface area contributed by atoms with E-state index in [1.807, 2.05) is 4.90 Å². The summed E-state index contributed by atoms with van der Waals surface area (Å²) in [5, 5.41) is 9.11. The predicted molar refractivity (Wildman–Crippen MR) is 70.8 cm³/mol. The molecule has 0 atom stereocenters. The van der Waals surface area contributed by atoms with Gasteiger partial charge in [-0.25, -0.2) is 4.39 Å². The van der Waals surface area contributed by atoms with Crippen molar-refractivity contribution in [2.45, 2.75) is 6.54 Å². The molecule has 0 saturated carbocycles. The van der Waals surface area contributed by atoms with E-state index >= 15 is 0 Å². The zero-order valence-electron chi connectivity index (χ0n) is 10.5. The summed E-state index contributed by atoms with van der Waals surface area (Å²) in [6.45, 7) is 3.49. The maximum absolute atomic E-state index is 13.7. The Morgan fingerprint density at radius 3 is 2.47 bits per heavy atom. The fourth-order valence-corrected chi connectivity index (χ4v) is 2.35. The molecule has 0 radical (unpaired) electrons. The summed E-state index contributed by atoms with van der Waals surface area (Å²) in [4.78, 5) is 14.6. The zero-order valence-corrected chi connectivity index (χ0v) is 11.2. The number of carboxylic acid groups (broad SMARTS) is 1. The van der Waals surface area contributed by atoms with Crippen molar-refractivity contribution in [1.82, 2.24) is 9.80 Å². The second-order valence-electron chi connectivity index (χ2n) is 4.68. The number of rotatable bonds is 4. The Morgan fingerprint density at radius 1 is 1.26 bits per heavy atom. The van der Waals surface area contributed by atoms with Crippen molar-refractivity contribution in [2.24, 2.45) is 0 Å². The molecule has 0 aliphatic carbocycles. The molecule has 2 rings (SSSR count). The summed E-state index contributed by atoms with van der Waals surface area (Å²) in [6.07, 6.45) is 0. The highest BCUT2D eigenvalue weighted by atomic mass is 35.5. The largest absolute Gasteiger partial charge is 0.480 e. The van der Waals surface area contributed by atoms with Gasteiger partial charge in [0, 0.05) is 43.3 Å². The van der Waals surface area contributed by atoms with Crippen LogP contribution in [0, 0.1) is 5.82 Å². The van der Waals surface area contributed by atoms with Crippen LogP contribution in [0.4, 0.5) is 4.39 Å². The van der Waals surface area contributed by atoms with Crippen molar-refractivity contribution in [2.75, 3.05) is 32.7 Å². The summed E-state index contributed by atoms with van der Waals surface area (Å²) in [6, 6.07) is 4.69. The number of hydrogen-bond donors (Lipinski definition) is 1. The maximum atomic E-state index is 13.7. The number of benzene rings is 1. The van der Waals surface area contributed by atoms with Crippen LogP contribution in [0.5, 0.6) is 0 Å². The molecule has 1 aliphatic rings. The van der Waals surface area contributed by atoms with Crippen molar-refractivity contribution in [1.29, 1.82) is 0 Å². The second kappa shape index (κ2) is 6.32. The molecule has 1 fully saturated rings. The van der Waals surface area contributed by atoms with Crippen LogP contribution in [-0.4, -0.2) is 53.6 Å².